The number of nitrogens with one attached hydrogen (secondary N) is 6. The standard InChI is InChI=1S/C33H58N10O7/c1-20(2)18-27(31(48)42-26(32(49)50)10-7-17-39-33(37)38)43-30(47)25(9-4-6-16-35)41-29(46)24(8-3-5-15-34)40-28(45)23(36)19-21-11-13-22(44)14-12-21/h11-14,20,23-27,44H,3-10,15-19,34-36H2,1-2H3,(H,40,45)(H,41,46)(H,42,48)(H,43,47)(H,49,50)(H4,37,38,39)/t23-,24-,25-,26-,27-/m0/s1. The predicted octanol–water partition coefficient (Wildman–Crippen LogP) is -1.15. The minimum atomic E-state index is -1.26. The van der Waals surface area contributed by atoms with E-state index in [0.717, 1.165) is 0 Å². The number of carbonyl (C=O) groups excluding carboxylic acids is 4. The number of phenolic OH excluding ortho intramolecular Hbond substituents is 1. The van der Waals surface area contributed by atoms with Crippen molar-refractivity contribution in [2.75, 3.05) is 19.6 Å². The van der Waals surface area contributed by atoms with Crippen LogP contribution in [0.4, 0.5) is 0 Å². The van der Waals surface area contributed by atoms with Gasteiger partial charge in [-0.15, -0.1) is 0 Å². The molecule has 5 atom stereocenters. The molecule has 17 nitrogen and oxygen atoms in total. The van der Waals surface area contributed by atoms with Crippen LogP contribution in [-0.4, -0.2) is 95.6 Å². The van der Waals surface area contributed by atoms with Crippen LogP contribution in [0, 0.1) is 11.3 Å². The highest BCUT2D eigenvalue weighted by atomic mass is 16.4. The molecule has 17 heteroatoms. The number of benzene rings is 1. The molecule has 1 rings (SSSR count). The number of aromatic hydroxyl groups is 1. The molecule has 0 aromatic heterocycles. The molecule has 1 aromatic rings. The quantitative estimate of drug-likeness (QED) is 0.0326. The predicted molar refractivity (Wildman–Crippen MR) is 190 cm³/mol. The maximum atomic E-state index is 13.7. The van der Waals surface area contributed by atoms with Crippen molar-refractivity contribution in [2.24, 2.45) is 28.9 Å². The Labute approximate surface area is 293 Å². The first kappa shape index (κ1) is 43.5. The van der Waals surface area contributed by atoms with Crippen LogP contribution in [-0.2, 0) is 30.4 Å². The van der Waals surface area contributed by atoms with Crippen molar-refractivity contribution in [3.63, 3.8) is 0 Å². The molecule has 0 aliphatic carbocycles. The average Bonchev–Trinajstić information content (AvgIpc) is 3.05. The Bertz CT molecular complexity index is 1230. The summed E-state index contributed by atoms with van der Waals surface area (Å²) in [6.07, 6.45) is 3.28. The van der Waals surface area contributed by atoms with Crippen LogP contribution in [0.5, 0.6) is 5.75 Å². The first-order valence-corrected chi connectivity index (χ1v) is 17.1. The molecule has 0 fully saturated rings. The number of phenols is 1. The molecule has 50 heavy (non-hydrogen) atoms. The van der Waals surface area contributed by atoms with Gasteiger partial charge in [0.2, 0.25) is 23.6 Å². The van der Waals surface area contributed by atoms with Crippen molar-refractivity contribution in [1.82, 2.24) is 26.6 Å². The summed E-state index contributed by atoms with van der Waals surface area (Å²) in [5.41, 5.74) is 23.4. The van der Waals surface area contributed by atoms with E-state index in [2.05, 4.69) is 26.6 Å². The van der Waals surface area contributed by atoms with Gasteiger partial charge in [0.15, 0.2) is 5.96 Å². The zero-order valence-electron chi connectivity index (χ0n) is 29.2. The summed E-state index contributed by atoms with van der Waals surface area (Å²) in [6.45, 7) is 4.66. The monoisotopic (exact) mass is 706 g/mol. The maximum Gasteiger partial charge on any atom is 0.326 e. The van der Waals surface area contributed by atoms with E-state index in [4.69, 9.17) is 28.3 Å². The third-order valence-electron chi connectivity index (χ3n) is 7.83. The number of unbranched alkanes of at least 4 members (excludes halogenated alkanes) is 2. The molecule has 0 spiro atoms. The van der Waals surface area contributed by atoms with Crippen molar-refractivity contribution < 1.29 is 34.2 Å². The van der Waals surface area contributed by atoms with E-state index < -0.39 is 59.8 Å². The minimum absolute atomic E-state index is 0.0529. The Morgan fingerprint density at radius 3 is 1.66 bits per heavy atom. The topological polar surface area (TPSA) is 314 Å². The zero-order valence-corrected chi connectivity index (χ0v) is 29.2. The summed E-state index contributed by atoms with van der Waals surface area (Å²) >= 11 is 0. The van der Waals surface area contributed by atoms with Gasteiger partial charge in [-0.1, -0.05) is 26.0 Å². The number of guanidine groups is 1. The second kappa shape index (κ2) is 23.8. The van der Waals surface area contributed by atoms with Gasteiger partial charge in [0.25, 0.3) is 0 Å². The lowest BCUT2D eigenvalue weighted by atomic mass is 10.0. The van der Waals surface area contributed by atoms with E-state index in [1.54, 1.807) is 12.1 Å². The summed E-state index contributed by atoms with van der Waals surface area (Å²) in [5, 5.41) is 39.7. The fourth-order valence-electron chi connectivity index (χ4n) is 5.09. The first-order valence-electron chi connectivity index (χ1n) is 17.1. The number of carboxylic acids is 1. The minimum Gasteiger partial charge on any atom is -0.508 e. The lowest BCUT2D eigenvalue weighted by Crippen LogP contribution is -2.58. The van der Waals surface area contributed by atoms with Crippen LogP contribution in [0.15, 0.2) is 24.3 Å². The summed E-state index contributed by atoms with van der Waals surface area (Å²) in [4.78, 5) is 65.6. The first-order chi connectivity index (χ1) is 23.7. The molecule has 0 saturated heterocycles. The fourth-order valence-corrected chi connectivity index (χ4v) is 5.09. The number of hydrogen-bond acceptors (Lipinski definition) is 10. The Hall–Kier alpha value is -4.48. The smallest absolute Gasteiger partial charge is 0.326 e. The van der Waals surface area contributed by atoms with Gasteiger partial charge in [-0.25, -0.2) is 4.79 Å². The van der Waals surface area contributed by atoms with Gasteiger partial charge >= 0.3 is 5.97 Å². The normalized spacial score (nSPS) is 14.0. The molecule has 0 aliphatic rings. The molecular formula is C33H58N10O7. The SMILES string of the molecule is CC(C)C[C@H](NC(=O)[C@H](CCCCN)NC(=O)[C@H](CCCCN)NC(=O)[C@@H](N)Cc1ccc(O)cc1)C(=O)N[C@@H](CCCNC(=N)N)C(=O)O. The molecule has 0 bridgehead atoms. The maximum absolute atomic E-state index is 13.7. The van der Waals surface area contributed by atoms with Crippen LogP contribution < -0.4 is 49.5 Å². The van der Waals surface area contributed by atoms with Gasteiger partial charge in [-0.3, -0.25) is 24.6 Å². The Morgan fingerprint density at radius 1 is 0.720 bits per heavy atom. The van der Waals surface area contributed by atoms with Crippen LogP contribution >= 0.6 is 0 Å². The number of rotatable bonds is 25. The largest absolute Gasteiger partial charge is 0.508 e. The van der Waals surface area contributed by atoms with E-state index in [9.17, 15) is 34.2 Å². The van der Waals surface area contributed by atoms with Crippen molar-refractivity contribution in [1.29, 1.82) is 5.41 Å². The van der Waals surface area contributed by atoms with E-state index in [-0.39, 0.29) is 56.3 Å². The average molecular weight is 707 g/mol. The van der Waals surface area contributed by atoms with Crippen molar-refractivity contribution in [2.45, 2.75) is 108 Å². The molecule has 0 aliphatic heterocycles. The van der Waals surface area contributed by atoms with Gasteiger partial charge < -0.3 is 59.7 Å². The molecule has 0 heterocycles. The number of carbonyl (C=O) groups is 5. The lowest BCUT2D eigenvalue weighted by molar-refractivity contribution is -0.142. The third-order valence-corrected chi connectivity index (χ3v) is 7.83. The molecule has 0 saturated carbocycles. The molecule has 1 aromatic carbocycles. The molecule has 16 N–H and O–H groups in total. The Morgan fingerprint density at radius 2 is 1.18 bits per heavy atom. The second-order valence-corrected chi connectivity index (χ2v) is 12.7. The van der Waals surface area contributed by atoms with Gasteiger partial charge in [-0.2, -0.15) is 0 Å². The second-order valence-electron chi connectivity index (χ2n) is 12.7. The number of carboxylic acid groups (broad SMARTS) is 1. The van der Waals surface area contributed by atoms with Gasteiger partial charge in [0.1, 0.15) is 29.9 Å². The fraction of sp³-hybridized carbons (Fsp3) is 0.636. The van der Waals surface area contributed by atoms with Crippen LogP contribution in [0.25, 0.3) is 0 Å². The van der Waals surface area contributed by atoms with Crippen LogP contribution in [0.3, 0.4) is 0 Å². The Kier molecular flexibility index (Phi) is 20.7. The summed E-state index contributed by atoms with van der Waals surface area (Å²) in [5.74, 6) is -4.04. The molecule has 0 radical (unpaired) electrons. The number of amides is 4. The van der Waals surface area contributed by atoms with Gasteiger partial charge in [-0.05, 0) is 101 Å². The summed E-state index contributed by atoms with van der Waals surface area (Å²) in [7, 11) is 0. The van der Waals surface area contributed by atoms with Gasteiger partial charge in [0.05, 0.1) is 6.04 Å². The highest BCUT2D eigenvalue weighted by Crippen LogP contribution is 2.12. The molecule has 0 unspecified atom stereocenters. The van der Waals surface area contributed by atoms with E-state index in [0.29, 0.717) is 50.8 Å². The molecule has 282 valence electrons. The highest BCUT2D eigenvalue weighted by molar-refractivity contribution is 5.95. The van der Waals surface area contributed by atoms with Gasteiger partial charge in [0, 0.05) is 6.54 Å². The van der Waals surface area contributed by atoms with Crippen molar-refractivity contribution in [3.8, 4) is 5.75 Å². The highest BCUT2D eigenvalue weighted by Gasteiger charge is 2.32. The number of nitrogens with two attached hydrogens (primary N) is 4. The van der Waals surface area contributed by atoms with E-state index in [1.165, 1.54) is 12.1 Å². The Balaban J connectivity index is 3.11. The number of hydrogen-bond donors (Lipinski definition) is 12. The molecule has 4 amide bonds. The third kappa shape index (κ3) is 17.8. The van der Waals surface area contributed by atoms with Crippen LogP contribution in [0.2, 0.25) is 0 Å². The summed E-state index contributed by atoms with van der Waals surface area (Å²) in [6, 6.07) is 0.765. The molecular weight excluding hydrogens is 648 g/mol. The van der Waals surface area contributed by atoms with Crippen molar-refractivity contribution in [3.05, 3.63) is 29.8 Å². The van der Waals surface area contributed by atoms with Crippen LogP contribution in [0.1, 0.15) is 77.2 Å². The zero-order chi connectivity index (χ0) is 37.6. The number of aliphatic carboxylic acids is 1. The lowest BCUT2D eigenvalue weighted by Gasteiger charge is -2.27. The van der Waals surface area contributed by atoms with E-state index in [1.807, 2.05) is 13.8 Å². The van der Waals surface area contributed by atoms with E-state index >= 15 is 0 Å². The summed E-state index contributed by atoms with van der Waals surface area (Å²) < 4.78 is 0. The van der Waals surface area contributed by atoms with Crippen molar-refractivity contribution >= 4 is 35.6 Å².